The number of hydrogen-bond donors (Lipinski definition) is 0. The van der Waals surface area contributed by atoms with E-state index >= 15 is 0 Å². The second-order valence-electron chi connectivity index (χ2n) is 6.87. The number of nitro benzene ring substituents is 1. The van der Waals surface area contributed by atoms with Crippen LogP contribution in [-0.2, 0) is 0 Å². The highest BCUT2D eigenvalue weighted by Gasteiger charge is 2.18. The Morgan fingerprint density at radius 1 is 0.969 bits per heavy atom. The number of ketones is 1. The summed E-state index contributed by atoms with van der Waals surface area (Å²) in [7, 11) is 0. The summed E-state index contributed by atoms with van der Waals surface area (Å²) in [6.45, 7) is 1.75. The van der Waals surface area contributed by atoms with E-state index in [1.165, 1.54) is 24.3 Å². The van der Waals surface area contributed by atoms with Crippen LogP contribution in [0.4, 0.5) is 5.69 Å². The highest BCUT2D eigenvalue weighted by Crippen LogP contribution is 2.26. The summed E-state index contributed by atoms with van der Waals surface area (Å²) in [5, 5.41) is 19.3. The summed E-state index contributed by atoms with van der Waals surface area (Å²) in [4.78, 5) is 22.8. The van der Waals surface area contributed by atoms with Crippen molar-refractivity contribution in [3.05, 3.63) is 105 Å². The van der Waals surface area contributed by atoms with E-state index < -0.39 is 11.0 Å². The van der Waals surface area contributed by atoms with Gasteiger partial charge in [0.25, 0.3) is 11.6 Å². The molecule has 160 valence electrons. The Morgan fingerprint density at radius 3 is 2.16 bits per heavy atom. The van der Waals surface area contributed by atoms with Gasteiger partial charge >= 0.3 is 0 Å². The van der Waals surface area contributed by atoms with Crippen LogP contribution in [0.1, 0.15) is 34.8 Å². The lowest BCUT2D eigenvalue weighted by molar-refractivity contribution is -0.384. The Hall–Kier alpha value is -4.04. The zero-order valence-corrected chi connectivity index (χ0v) is 17.5. The zero-order valence-electron chi connectivity index (χ0n) is 16.8. The minimum absolute atomic E-state index is 0.0248. The van der Waals surface area contributed by atoms with Crippen LogP contribution in [0.3, 0.4) is 0 Å². The molecular weight excluding hydrogens is 434 g/mol. The van der Waals surface area contributed by atoms with Crippen molar-refractivity contribution < 1.29 is 18.9 Å². The van der Waals surface area contributed by atoms with E-state index in [-0.39, 0.29) is 23.3 Å². The first-order valence-electron chi connectivity index (χ1n) is 9.56. The number of rotatable bonds is 7. The number of nitro groups is 1. The van der Waals surface area contributed by atoms with Gasteiger partial charge in [-0.25, -0.2) is 0 Å². The lowest BCUT2D eigenvalue weighted by Crippen LogP contribution is -2.04. The van der Waals surface area contributed by atoms with Crippen molar-refractivity contribution in [2.24, 2.45) is 0 Å². The third kappa shape index (κ3) is 4.65. The first kappa shape index (κ1) is 21.2. The Balaban J connectivity index is 1.43. The fourth-order valence-electron chi connectivity index (χ4n) is 2.95. The number of aromatic nitrogens is 2. The fraction of sp³-hybridized carbons (Fsp3) is 0.0870. The van der Waals surface area contributed by atoms with Gasteiger partial charge in [0, 0.05) is 33.8 Å². The molecule has 0 amide bonds. The molecule has 9 heteroatoms. The van der Waals surface area contributed by atoms with Gasteiger partial charge in [-0.15, -0.1) is 10.2 Å². The minimum Gasteiger partial charge on any atom is -0.481 e. The molecule has 3 aromatic carbocycles. The topological polar surface area (TPSA) is 108 Å². The molecule has 0 aliphatic rings. The second-order valence-corrected chi connectivity index (χ2v) is 7.31. The largest absolute Gasteiger partial charge is 0.481 e. The number of halogens is 1. The summed E-state index contributed by atoms with van der Waals surface area (Å²) in [6, 6.07) is 19.2. The smallest absolute Gasteiger partial charge is 0.269 e. The predicted octanol–water partition coefficient (Wildman–Crippen LogP) is 5.67. The molecule has 1 aromatic heterocycles. The van der Waals surface area contributed by atoms with E-state index in [2.05, 4.69) is 10.2 Å². The molecule has 1 atom stereocenters. The summed E-state index contributed by atoms with van der Waals surface area (Å²) < 4.78 is 11.5. The average Bonchev–Trinajstić information content (AvgIpc) is 3.30. The van der Waals surface area contributed by atoms with Crippen LogP contribution in [0.5, 0.6) is 5.75 Å². The van der Waals surface area contributed by atoms with Gasteiger partial charge in [-0.2, -0.15) is 0 Å². The highest BCUT2D eigenvalue weighted by atomic mass is 35.5. The predicted molar refractivity (Wildman–Crippen MR) is 117 cm³/mol. The number of benzene rings is 3. The standard InChI is InChI=1S/C23H16ClN3O5/c1-14(22-25-26-23(32-22)17-4-10-19(11-5-17)27(29)30)31-20-12-6-16(7-13-20)21(28)15-2-8-18(24)9-3-15/h2-14H,1H3. The number of hydrogen-bond acceptors (Lipinski definition) is 7. The average molecular weight is 450 g/mol. The van der Waals surface area contributed by atoms with Crippen LogP contribution in [0.25, 0.3) is 11.5 Å². The van der Waals surface area contributed by atoms with Crippen molar-refractivity contribution in [2.75, 3.05) is 0 Å². The van der Waals surface area contributed by atoms with E-state index in [0.29, 0.717) is 27.5 Å². The van der Waals surface area contributed by atoms with Crippen LogP contribution >= 0.6 is 11.6 Å². The summed E-state index contributed by atoms with van der Waals surface area (Å²) in [5.74, 6) is 0.889. The molecule has 4 rings (SSSR count). The molecule has 32 heavy (non-hydrogen) atoms. The van der Waals surface area contributed by atoms with Crippen molar-refractivity contribution in [1.82, 2.24) is 10.2 Å². The van der Waals surface area contributed by atoms with Crippen molar-refractivity contribution in [2.45, 2.75) is 13.0 Å². The van der Waals surface area contributed by atoms with Crippen LogP contribution in [0.2, 0.25) is 5.02 Å². The molecule has 0 bridgehead atoms. The molecule has 0 aliphatic heterocycles. The Kier molecular flexibility index (Phi) is 5.96. The lowest BCUT2D eigenvalue weighted by Gasteiger charge is -2.11. The molecule has 0 saturated carbocycles. The van der Waals surface area contributed by atoms with Crippen LogP contribution in [0, 0.1) is 10.1 Å². The summed E-state index contributed by atoms with van der Waals surface area (Å²) >= 11 is 5.87. The molecule has 0 radical (unpaired) electrons. The van der Waals surface area contributed by atoms with Crippen LogP contribution in [-0.4, -0.2) is 20.9 Å². The van der Waals surface area contributed by atoms with E-state index in [4.69, 9.17) is 20.8 Å². The molecule has 0 saturated heterocycles. The molecule has 0 N–H and O–H groups in total. The lowest BCUT2D eigenvalue weighted by atomic mass is 10.0. The van der Waals surface area contributed by atoms with Gasteiger partial charge in [0.1, 0.15) is 5.75 Å². The fourth-order valence-corrected chi connectivity index (χ4v) is 3.07. The van der Waals surface area contributed by atoms with Crippen LogP contribution in [0.15, 0.2) is 77.2 Å². The first-order valence-corrected chi connectivity index (χ1v) is 9.94. The number of nitrogens with zero attached hydrogens (tertiary/aromatic N) is 3. The second kappa shape index (κ2) is 8.99. The van der Waals surface area contributed by atoms with Crippen molar-refractivity contribution in [1.29, 1.82) is 0 Å². The molecule has 1 heterocycles. The highest BCUT2D eigenvalue weighted by molar-refractivity contribution is 6.30. The van der Waals surface area contributed by atoms with Crippen LogP contribution < -0.4 is 4.74 Å². The molecule has 0 fully saturated rings. The third-order valence-corrected chi connectivity index (χ3v) is 4.90. The number of ether oxygens (including phenoxy) is 1. The first-order chi connectivity index (χ1) is 15.4. The zero-order chi connectivity index (χ0) is 22.7. The van der Waals surface area contributed by atoms with E-state index in [1.807, 2.05) is 0 Å². The van der Waals surface area contributed by atoms with E-state index in [0.717, 1.165) is 0 Å². The van der Waals surface area contributed by atoms with Gasteiger partial charge in [-0.1, -0.05) is 11.6 Å². The molecular formula is C23H16ClN3O5. The third-order valence-electron chi connectivity index (χ3n) is 4.65. The monoisotopic (exact) mass is 449 g/mol. The molecule has 0 aliphatic carbocycles. The van der Waals surface area contributed by atoms with Crippen molar-refractivity contribution >= 4 is 23.1 Å². The maximum atomic E-state index is 12.6. The van der Waals surface area contributed by atoms with Gasteiger partial charge < -0.3 is 9.15 Å². The molecule has 4 aromatic rings. The molecule has 0 spiro atoms. The van der Waals surface area contributed by atoms with Gasteiger partial charge in [0.15, 0.2) is 11.9 Å². The minimum atomic E-state index is -0.549. The molecule has 1 unspecified atom stereocenters. The van der Waals surface area contributed by atoms with Crippen molar-refractivity contribution in [3.8, 4) is 17.2 Å². The maximum absolute atomic E-state index is 12.6. The summed E-state index contributed by atoms with van der Waals surface area (Å²) in [6.07, 6.45) is -0.549. The van der Waals surface area contributed by atoms with E-state index in [1.54, 1.807) is 55.5 Å². The Morgan fingerprint density at radius 2 is 1.56 bits per heavy atom. The Bertz CT molecular complexity index is 1250. The normalized spacial score (nSPS) is 11.7. The summed E-state index contributed by atoms with van der Waals surface area (Å²) in [5.41, 5.74) is 1.60. The van der Waals surface area contributed by atoms with Gasteiger partial charge in [0.2, 0.25) is 5.89 Å². The SMILES string of the molecule is CC(Oc1ccc(C(=O)c2ccc(Cl)cc2)cc1)c1nnc(-c2ccc([N+](=O)[O-])cc2)o1. The van der Waals surface area contributed by atoms with Gasteiger partial charge in [-0.05, 0) is 67.6 Å². The maximum Gasteiger partial charge on any atom is 0.269 e. The Labute approximate surface area is 187 Å². The quantitative estimate of drug-likeness (QED) is 0.203. The van der Waals surface area contributed by atoms with Crippen molar-refractivity contribution in [3.63, 3.8) is 0 Å². The van der Waals surface area contributed by atoms with Gasteiger partial charge in [-0.3, -0.25) is 14.9 Å². The number of carbonyl (C=O) groups is 1. The molecule has 8 nitrogen and oxygen atoms in total. The van der Waals surface area contributed by atoms with E-state index in [9.17, 15) is 14.9 Å². The van der Waals surface area contributed by atoms with Gasteiger partial charge in [0.05, 0.1) is 4.92 Å². The number of carbonyl (C=O) groups excluding carboxylic acids is 1. The number of non-ortho nitro benzene ring substituents is 1.